The quantitative estimate of drug-likeness (QED) is 0.597. The minimum Gasteiger partial charge on any atom is -0.443 e. The van der Waals surface area contributed by atoms with E-state index >= 15 is 0 Å². The van der Waals surface area contributed by atoms with Crippen LogP contribution in [0.25, 0.3) is 5.69 Å². The van der Waals surface area contributed by atoms with Gasteiger partial charge in [0.2, 0.25) is 0 Å². The van der Waals surface area contributed by atoms with Crippen LogP contribution in [0.2, 0.25) is 0 Å². The lowest BCUT2D eigenvalue weighted by molar-refractivity contribution is 0.439. The average molecular weight is 348 g/mol. The first-order valence-corrected chi connectivity index (χ1v) is 8.15. The average Bonchev–Trinajstić information content (AvgIpc) is 3.21. The van der Waals surface area contributed by atoms with E-state index in [4.69, 9.17) is 4.42 Å². The van der Waals surface area contributed by atoms with Gasteiger partial charge in [-0.1, -0.05) is 48.5 Å². The molecule has 0 spiro atoms. The van der Waals surface area contributed by atoms with Crippen molar-refractivity contribution in [1.29, 1.82) is 0 Å². The van der Waals surface area contributed by atoms with Gasteiger partial charge < -0.3 is 4.42 Å². The number of oxazole rings is 1. The van der Waals surface area contributed by atoms with E-state index in [0.717, 1.165) is 10.1 Å². The highest BCUT2D eigenvalue weighted by Gasteiger charge is 2.13. The Morgan fingerprint density at radius 1 is 0.962 bits per heavy atom. The maximum Gasteiger partial charge on any atom is 0.352 e. The molecule has 0 saturated heterocycles. The van der Waals surface area contributed by atoms with Crippen LogP contribution in [0.4, 0.5) is 0 Å². The summed E-state index contributed by atoms with van der Waals surface area (Å²) in [6.45, 7) is 0.107. The van der Waals surface area contributed by atoms with Gasteiger partial charge in [-0.15, -0.1) is 0 Å². The van der Waals surface area contributed by atoms with Crippen molar-refractivity contribution >= 4 is 0 Å². The number of aromatic amines is 1. The molecule has 26 heavy (non-hydrogen) atoms. The normalized spacial score (nSPS) is 10.9. The zero-order valence-corrected chi connectivity index (χ0v) is 13.8. The molecule has 0 atom stereocenters. The summed E-state index contributed by atoms with van der Waals surface area (Å²) in [5.41, 5.74) is 0.647. The molecule has 0 aliphatic carbocycles. The van der Waals surface area contributed by atoms with Gasteiger partial charge in [-0.05, 0) is 17.7 Å². The summed E-state index contributed by atoms with van der Waals surface area (Å²) >= 11 is 0. The number of aromatic nitrogens is 4. The van der Waals surface area contributed by atoms with E-state index in [9.17, 15) is 9.59 Å². The van der Waals surface area contributed by atoms with Gasteiger partial charge in [0.05, 0.1) is 11.9 Å². The molecule has 0 radical (unpaired) electrons. The van der Waals surface area contributed by atoms with Gasteiger partial charge in [0.15, 0.2) is 5.89 Å². The molecule has 0 unspecified atom stereocenters. The minimum absolute atomic E-state index is 0.107. The molecule has 0 bridgehead atoms. The third-order valence-electron chi connectivity index (χ3n) is 3.98. The smallest absolute Gasteiger partial charge is 0.352 e. The van der Waals surface area contributed by atoms with E-state index in [1.54, 1.807) is 30.5 Å². The molecule has 0 saturated carbocycles. The van der Waals surface area contributed by atoms with Crippen LogP contribution >= 0.6 is 0 Å². The zero-order chi connectivity index (χ0) is 17.9. The summed E-state index contributed by atoms with van der Waals surface area (Å²) in [6, 6.07) is 18.6. The summed E-state index contributed by atoms with van der Waals surface area (Å²) in [7, 11) is 0. The summed E-state index contributed by atoms with van der Waals surface area (Å²) in [4.78, 5) is 28.9. The van der Waals surface area contributed by atoms with Gasteiger partial charge in [-0.25, -0.2) is 28.9 Å². The fraction of sp³-hybridized carbons (Fsp3) is 0.105. The van der Waals surface area contributed by atoms with Crippen molar-refractivity contribution < 1.29 is 4.42 Å². The van der Waals surface area contributed by atoms with Crippen molar-refractivity contribution in [1.82, 2.24) is 19.3 Å². The number of para-hydroxylation sites is 1. The van der Waals surface area contributed by atoms with Crippen molar-refractivity contribution in [3.63, 3.8) is 0 Å². The second-order valence-corrected chi connectivity index (χ2v) is 5.84. The number of H-pyrrole nitrogens is 1. The van der Waals surface area contributed by atoms with Gasteiger partial charge >= 0.3 is 11.4 Å². The van der Waals surface area contributed by atoms with Crippen LogP contribution in [0.15, 0.2) is 80.9 Å². The molecule has 1 N–H and O–H groups in total. The predicted molar refractivity (Wildman–Crippen MR) is 95.5 cm³/mol. The Balaban J connectivity index is 1.57. The zero-order valence-electron chi connectivity index (χ0n) is 13.8. The number of rotatable bonds is 5. The summed E-state index contributed by atoms with van der Waals surface area (Å²) in [6.07, 6.45) is 2.14. The lowest BCUT2D eigenvalue weighted by Gasteiger charge is -1.99. The second kappa shape index (κ2) is 6.72. The van der Waals surface area contributed by atoms with Crippen LogP contribution in [-0.2, 0) is 13.0 Å². The standard InChI is InChI=1S/C19H16N4O3/c24-18-21-22(19(25)23(18)15-9-5-2-6-10-15)13-16-12-20-17(26-16)11-14-7-3-1-4-8-14/h1-10,12H,11,13H2,(H,21,24). The SMILES string of the molecule is O=c1[nH]n(Cc2cnc(Cc3ccccc3)o2)c(=O)n1-c1ccccc1. The van der Waals surface area contributed by atoms with E-state index < -0.39 is 11.4 Å². The molecular weight excluding hydrogens is 332 g/mol. The highest BCUT2D eigenvalue weighted by Crippen LogP contribution is 2.10. The van der Waals surface area contributed by atoms with Crippen molar-refractivity contribution in [2.24, 2.45) is 0 Å². The van der Waals surface area contributed by atoms with E-state index in [1.165, 1.54) is 4.68 Å². The Labute approximate surface area is 148 Å². The third kappa shape index (κ3) is 3.14. The molecule has 0 aliphatic heterocycles. The number of nitrogens with one attached hydrogen (secondary N) is 1. The van der Waals surface area contributed by atoms with Crippen molar-refractivity contribution in [3.05, 3.63) is 105 Å². The summed E-state index contributed by atoms with van der Waals surface area (Å²) in [5.74, 6) is 1.06. The van der Waals surface area contributed by atoms with E-state index in [1.807, 2.05) is 36.4 Å². The predicted octanol–water partition coefficient (Wildman–Crippen LogP) is 1.95. The van der Waals surface area contributed by atoms with Gasteiger partial charge in [0, 0.05) is 6.42 Å². The highest BCUT2D eigenvalue weighted by atomic mass is 16.4. The molecule has 2 aromatic carbocycles. The monoisotopic (exact) mass is 348 g/mol. The van der Waals surface area contributed by atoms with Crippen molar-refractivity contribution in [2.45, 2.75) is 13.0 Å². The largest absolute Gasteiger partial charge is 0.443 e. The fourth-order valence-electron chi connectivity index (χ4n) is 2.76. The minimum atomic E-state index is -0.495. The van der Waals surface area contributed by atoms with Crippen LogP contribution in [0.5, 0.6) is 0 Å². The molecule has 7 nitrogen and oxygen atoms in total. The molecular formula is C19H16N4O3. The van der Waals surface area contributed by atoms with Crippen LogP contribution in [0.3, 0.4) is 0 Å². The lowest BCUT2D eigenvalue weighted by Crippen LogP contribution is -2.27. The molecule has 0 amide bonds. The molecule has 0 fully saturated rings. The molecule has 7 heteroatoms. The van der Waals surface area contributed by atoms with Gasteiger partial charge in [0.25, 0.3) is 0 Å². The van der Waals surface area contributed by atoms with Gasteiger partial charge in [-0.3, -0.25) is 0 Å². The third-order valence-corrected chi connectivity index (χ3v) is 3.98. The molecule has 2 heterocycles. The Hall–Kier alpha value is -3.61. The maximum absolute atomic E-state index is 12.5. The number of hydrogen-bond donors (Lipinski definition) is 1. The van der Waals surface area contributed by atoms with E-state index in [2.05, 4.69) is 10.1 Å². The number of hydrogen-bond acceptors (Lipinski definition) is 4. The molecule has 130 valence electrons. The number of benzene rings is 2. The first kappa shape index (κ1) is 15.9. The Morgan fingerprint density at radius 2 is 1.65 bits per heavy atom. The lowest BCUT2D eigenvalue weighted by atomic mass is 10.2. The van der Waals surface area contributed by atoms with Crippen molar-refractivity contribution in [3.8, 4) is 5.69 Å². The highest BCUT2D eigenvalue weighted by molar-refractivity contribution is 5.30. The topological polar surface area (TPSA) is 85.8 Å². The first-order valence-electron chi connectivity index (χ1n) is 8.15. The maximum atomic E-state index is 12.5. The Bertz CT molecular complexity index is 1120. The van der Waals surface area contributed by atoms with E-state index in [0.29, 0.717) is 23.8 Å². The molecule has 4 rings (SSSR count). The van der Waals surface area contributed by atoms with Gasteiger partial charge in [-0.2, -0.15) is 0 Å². The van der Waals surface area contributed by atoms with Gasteiger partial charge in [0.1, 0.15) is 12.3 Å². The first-order chi connectivity index (χ1) is 12.7. The fourth-order valence-corrected chi connectivity index (χ4v) is 2.76. The van der Waals surface area contributed by atoms with Crippen LogP contribution in [-0.4, -0.2) is 19.3 Å². The number of nitrogens with zero attached hydrogens (tertiary/aromatic N) is 3. The van der Waals surface area contributed by atoms with E-state index in [-0.39, 0.29) is 6.54 Å². The van der Waals surface area contributed by atoms with Crippen LogP contribution < -0.4 is 11.4 Å². The summed E-state index contributed by atoms with van der Waals surface area (Å²) in [5, 5.41) is 2.54. The van der Waals surface area contributed by atoms with Crippen LogP contribution in [0.1, 0.15) is 17.2 Å². The summed E-state index contributed by atoms with van der Waals surface area (Å²) < 4.78 is 7.99. The Kier molecular flexibility index (Phi) is 4.10. The van der Waals surface area contributed by atoms with Crippen LogP contribution in [0, 0.1) is 0 Å². The Morgan fingerprint density at radius 3 is 2.38 bits per heavy atom. The molecule has 2 aromatic heterocycles. The van der Waals surface area contributed by atoms with Crippen molar-refractivity contribution in [2.75, 3.05) is 0 Å². The molecule has 0 aliphatic rings. The molecule has 4 aromatic rings. The second-order valence-electron chi connectivity index (χ2n) is 5.84.